The topological polar surface area (TPSA) is 61.0 Å². The fourth-order valence-corrected chi connectivity index (χ4v) is 1.62. The molecule has 0 fully saturated rings. The SMILES string of the molecule is COc1ccc(Cc2cc(Cl)c(N)nn2)cc1. The minimum atomic E-state index is 0.255. The van der Waals surface area contributed by atoms with E-state index in [1.54, 1.807) is 13.2 Å². The van der Waals surface area contributed by atoms with Crippen LogP contribution in [0.3, 0.4) is 0 Å². The molecule has 0 radical (unpaired) electrons. The van der Waals surface area contributed by atoms with Gasteiger partial charge in [-0.1, -0.05) is 23.7 Å². The fraction of sp³-hybridized carbons (Fsp3) is 0.167. The Balaban J connectivity index is 2.16. The van der Waals surface area contributed by atoms with E-state index in [1.165, 1.54) is 0 Å². The molecule has 1 aromatic carbocycles. The predicted molar refractivity (Wildman–Crippen MR) is 67.3 cm³/mol. The van der Waals surface area contributed by atoms with E-state index in [-0.39, 0.29) is 5.82 Å². The molecule has 0 unspecified atom stereocenters. The second kappa shape index (κ2) is 5.01. The summed E-state index contributed by atoms with van der Waals surface area (Å²) in [6.45, 7) is 0. The van der Waals surface area contributed by atoms with Gasteiger partial charge < -0.3 is 10.5 Å². The summed E-state index contributed by atoms with van der Waals surface area (Å²) in [7, 11) is 1.64. The number of hydrogen-bond donors (Lipinski definition) is 1. The van der Waals surface area contributed by atoms with Crippen LogP contribution in [0.5, 0.6) is 5.75 Å². The van der Waals surface area contributed by atoms with E-state index >= 15 is 0 Å². The molecule has 0 saturated carbocycles. The van der Waals surface area contributed by atoms with Gasteiger partial charge in [-0.2, -0.15) is 5.10 Å². The molecule has 2 N–H and O–H groups in total. The van der Waals surface area contributed by atoms with Crippen LogP contribution in [0.4, 0.5) is 5.82 Å². The van der Waals surface area contributed by atoms with Crippen molar-refractivity contribution < 1.29 is 4.74 Å². The van der Waals surface area contributed by atoms with Gasteiger partial charge >= 0.3 is 0 Å². The molecule has 0 saturated heterocycles. The molecular weight excluding hydrogens is 238 g/mol. The van der Waals surface area contributed by atoms with Gasteiger partial charge in [0.15, 0.2) is 5.82 Å². The number of nitrogens with two attached hydrogens (primary N) is 1. The maximum Gasteiger partial charge on any atom is 0.164 e. The van der Waals surface area contributed by atoms with Gasteiger partial charge in [-0.25, -0.2) is 0 Å². The zero-order valence-corrected chi connectivity index (χ0v) is 10.1. The number of methoxy groups -OCH3 is 1. The first-order valence-corrected chi connectivity index (χ1v) is 5.47. The van der Waals surface area contributed by atoms with E-state index in [0.29, 0.717) is 11.4 Å². The van der Waals surface area contributed by atoms with Gasteiger partial charge in [0.2, 0.25) is 0 Å². The van der Waals surface area contributed by atoms with Crippen molar-refractivity contribution in [3.05, 3.63) is 46.6 Å². The molecule has 2 aromatic rings. The van der Waals surface area contributed by atoms with Crippen LogP contribution in [0.15, 0.2) is 30.3 Å². The molecule has 1 aromatic heterocycles. The van der Waals surface area contributed by atoms with Crippen LogP contribution in [0.25, 0.3) is 0 Å². The highest BCUT2D eigenvalue weighted by molar-refractivity contribution is 6.32. The Morgan fingerprint density at radius 3 is 2.53 bits per heavy atom. The van der Waals surface area contributed by atoms with Gasteiger partial charge in [0, 0.05) is 6.42 Å². The Morgan fingerprint density at radius 2 is 1.94 bits per heavy atom. The molecule has 2 rings (SSSR count). The van der Waals surface area contributed by atoms with Crippen LogP contribution in [0, 0.1) is 0 Å². The summed E-state index contributed by atoms with van der Waals surface area (Å²) < 4.78 is 5.09. The van der Waals surface area contributed by atoms with Gasteiger partial charge in [-0.3, -0.25) is 0 Å². The van der Waals surface area contributed by atoms with E-state index in [1.807, 2.05) is 24.3 Å². The van der Waals surface area contributed by atoms with E-state index in [0.717, 1.165) is 17.0 Å². The fourth-order valence-electron chi connectivity index (χ4n) is 1.45. The molecule has 0 aliphatic heterocycles. The number of aromatic nitrogens is 2. The summed E-state index contributed by atoms with van der Waals surface area (Å²) in [6, 6.07) is 9.49. The average Bonchev–Trinajstić information content (AvgIpc) is 2.35. The molecule has 0 bridgehead atoms. The highest BCUT2D eigenvalue weighted by Crippen LogP contribution is 2.18. The number of ether oxygens (including phenoxy) is 1. The standard InChI is InChI=1S/C12H12ClN3O/c1-17-10-4-2-8(3-5-10)6-9-7-11(13)12(14)16-15-9/h2-5,7H,6H2,1H3,(H2,14,16). The second-order valence-corrected chi connectivity index (χ2v) is 4.00. The monoisotopic (exact) mass is 249 g/mol. The van der Waals surface area contributed by atoms with Crippen molar-refractivity contribution in [1.29, 1.82) is 0 Å². The van der Waals surface area contributed by atoms with Crippen molar-refractivity contribution in [3.63, 3.8) is 0 Å². The molecule has 0 aliphatic rings. The van der Waals surface area contributed by atoms with E-state index in [9.17, 15) is 0 Å². The van der Waals surface area contributed by atoms with Crippen molar-refractivity contribution in [3.8, 4) is 5.75 Å². The molecule has 0 spiro atoms. The first-order chi connectivity index (χ1) is 8.19. The van der Waals surface area contributed by atoms with Crippen LogP contribution in [0.2, 0.25) is 5.02 Å². The second-order valence-electron chi connectivity index (χ2n) is 3.59. The largest absolute Gasteiger partial charge is 0.497 e. The lowest BCUT2D eigenvalue weighted by Gasteiger charge is -2.04. The number of nitrogens with zero attached hydrogens (tertiary/aromatic N) is 2. The quantitative estimate of drug-likeness (QED) is 0.907. The number of rotatable bonds is 3. The highest BCUT2D eigenvalue weighted by Gasteiger charge is 2.03. The Labute approximate surface area is 104 Å². The van der Waals surface area contributed by atoms with Crippen LogP contribution in [-0.2, 0) is 6.42 Å². The van der Waals surface area contributed by atoms with E-state index < -0.39 is 0 Å². The van der Waals surface area contributed by atoms with Gasteiger partial charge in [0.1, 0.15) is 5.75 Å². The van der Waals surface area contributed by atoms with Gasteiger partial charge in [-0.15, -0.1) is 5.10 Å². The minimum Gasteiger partial charge on any atom is -0.497 e. The summed E-state index contributed by atoms with van der Waals surface area (Å²) in [5.74, 6) is 1.08. The number of halogens is 1. The minimum absolute atomic E-state index is 0.255. The smallest absolute Gasteiger partial charge is 0.164 e. The van der Waals surface area contributed by atoms with Crippen LogP contribution < -0.4 is 10.5 Å². The third kappa shape index (κ3) is 2.85. The first kappa shape index (κ1) is 11.7. The van der Waals surface area contributed by atoms with Gasteiger partial charge in [0.25, 0.3) is 0 Å². The Kier molecular flexibility index (Phi) is 3.44. The molecule has 4 nitrogen and oxygen atoms in total. The van der Waals surface area contributed by atoms with Crippen LogP contribution >= 0.6 is 11.6 Å². The van der Waals surface area contributed by atoms with Crippen LogP contribution in [0.1, 0.15) is 11.3 Å². The Bertz CT molecular complexity index is 514. The zero-order valence-electron chi connectivity index (χ0n) is 9.35. The summed E-state index contributed by atoms with van der Waals surface area (Å²) in [4.78, 5) is 0. The van der Waals surface area contributed by atoms with Crippen molar-refractivity contribution >= 4 is 17.4 Å². The molecule has 0 atom stereocenters. The van der Waals surface area contributed by atoms with E-state index in [2.05, 4.69) is 10.2 Å². The van der Waals surface area contributed by atoms with Crippen molar-refractivity contribution in [2.45, 2.75) is 6.42 Å². The van der Waals surface area contributed by atoms with Gasteiger partial charge in [-0.05, 0) is 23.8 Å². The van der Waals surface area contributed by atoms with E-state index in [4.69, 9.17) is 22.1 Å². The van der Waals surface area contributed by atoms with Crippen molar-refractivity contribution in [2.75, 3.05) is 12.8 Å². The van der Waals surface area contributed by atoms with Crippen LogP contribution in [-0.4, -0.2) is 17.3 Å². The summed E-state index contributed by atoms with van der Waals surface area (Å²) >= 11 is 5.88. The Hall–Kier alpha value is -1.81. The predicted octanol–water partition coefficient (Wildman–Crippen LogP) is 2.31. The molecule has 1 heterocycles. The summed E-state index contributed by atoms with van der Waals surface area (Å²) in [5, 5.41) is 8.20. The Morgan fingerprint density at radius 1 is 1.24 bits per heavy atom. The first-order valence-electron chi connectivity index (χ1n) is 5.09. The number of benzene rings is 1. The maximum absolute atomic E-state index is 5.88. The molecule has 17 heavy (non-hydrogen) atoms. The normalized spacial score (nSPS) is 10.2. The lowest BCUT2D eigenvalue weighted by atomic mass is 10.1. The lowest BCUT2D eigenvalue weighted by Crippen LogP contribution is -1.99. The molecule has 88 valence electrons. The number of anilines is 1. The molecule has 0 aliphatic carbocycles. The summed E-state index contributed by atoms with van der Waals surface area (Å²) in [5.41, 5.74) is 7.40. The average molecular weight is 250 g/mol. The zero-order chi connectivity index (χ0) is 12.3. The summed E-state index contributed by atoms with van der Waals surface area (Å²) in [6.07, 6.45) is 0.664. The number of nitrogen functional groups attached to an aromatic ring is 1. The molecule has 0 amide bonds. The van der Waals surface area contributed by atoms with Gasteiger partial charge in [0.05, 0.1) is 17.8 Å². The lowest BCUT2D eigenvalue weighted by molar-refractivity contribution is 0.414. The van der Waals surface area contributed by atoms with Crippen molar-refractivity contribution in [2.24, 2.45) is 0 Å². The van der Waals surface area contributed by atoms with Crippen molar-refractivity contribution in [1.82, 2.24) is 10.2 Å². The maximum atomic E-state index is 5.88. The molecule has 5 heteroatoms. The number of hydrogen-bond acceptors (Lipinski definition) is 4. The molecular formula is C12H12ClN3O. The third-order valence-corrected chi connectivity index (χ3v) is 2.67. The third-order valence-electron chi connectivity index (χ3n) is 2.37. The highest BCUT2D eigenvalue weighted by atomic mass is 35.5.